The highest BCUT2D eigenvalue weighted by Gasteiger charge is 2.34. The molecule has 4 rings (SSSR count). The van der Waals surface area contributed by atoms with Gasteiger partial charge in [0.05, 0.1) is 17.4 Å². The maximum Gasteiger partial charge on any atom is 0.227 e. The Labute approximate surface area is 182 Å². The van der Waals surface area contributed by atoms with Crippen LogP contribution in [0.3, 0.4) is 0 Å². The fraction of sp³-hybridized carbons (Fsp3) is 0.240. The van der Waals surface area contributed by atoms with Gasteiger partial charge in [0.25, 0.3) is 0 Å². The Hall–Kier alpha value is -2.99. The molecular formula is C25H24FNO3S. The van der Waals surface area contributed by atoms with Gasteiger partial charge in [0.15, 0.2) is 9.84 Å². The summed E-state index contributed by atoms with van der Waals surface area (Å²) in [4.78, 5) is 14.4. The van der Waals surface area contributed by atoms with Gasteiger partial charge in [-0.25, -0.2) is 12.8 Å². The van der Waals surface area contributed by atoms with Crippen molar-refractivity contribution in [2.24, 2.45) is 0 Å². The molecule has 3 aromatic carbocycles. The summed E-state index contributed by atoms with van der Waals surface area (Å²) in [7, 11) is -3.54. The van der Waals surface area contributed by atoms with E-state index in [0.717, 1.165) is 16.7 Å². The molecule has 1 fully saturated rings. The molecule has 0 radical (unpaired) electrons. The van der Waals surface area contributed by atoms with Crippen LogP contribution in [0.2, 0.25) is 0 Å². The van der Waals surface area contributed by atoms with Gasteiger partial charge in [0, 0.05) is 18.7 Å². The molecule has 3 aromatic rings. The first-order chi connectivity index (χ1) is 14.9. The molecule has 1 aliphatic rings. The number of benzene rings is 3. The number of nitrogens with zero attached hydrogens (tertiary/aromatic N) is 1. The van der Waals surface area contributed by atoms with Crippen LogP contribution in [-0.4, -0.2) is 38.1 Å². The van der Waals surface area contributed by atoms with Gasteiger partial charge in [-0.15, -0.1) is 0 Å². The summed E-state index contributed by atoms with van der Waals surface area (Å²) < 4.78 is 39.7. The molecular weight excluding hydrogens is 413 g/mol. The molecule has 0 aliphatic carbocycles. The first kappa shape index (κ1) is 21.2. The fourth-order valence-electron chi connectivity index (χ4n) is 4.01. The lowest BCUT2D eigenvalue weighted by Gasteiger charge is -2.20. The van der Waals surface area contributed by atoms with Crippen LogP contribution in [-0.2, 0) is 21.1 Å². The molecule has 0 saturated carbocycles. The van der Waals surface area contributed by atoms with E-state index in [1.165, 1.54) is 12.1 Å². The van der Waals surface area contributed by atoms with Gasteiger partial charge in [-0.05, 0) is 29.2 Å². The Morgan fingerprint density at radius 2 is 1.52 bits per heavy atom. The van der Waals surface area contributed by atoms with E-state index in [0.29, 0.717) is 6.54 Å². The monoisotopic (exact) mass is 437 g/mol. The molecule has 31 heavy (non-hydrogen) atoms. The van der Waals surface area contributed by atoms with Crippen LogP contribution in [0.4, 0.5) is 4.39 Å². The molecule has 1 atom stereocenters. The van der Waals surface area contributed by atoms with Crippen LogP contribution in [0.1, 0.15) is 22.8 Å². The summed E-state index contributed by atoms with van der Waals surface area (Å²) in [6.07, 6.45) is 0.404. The lowest BCUT2D eigenvalue weighted by molar-refractivity contribution is -0.130. The SMILES string of the molecule is O=C(Cc1ccc(-c2ccccc2)cc1)N1CCC(c2ccccc2F)S(=O)(=O)CC1. The van der Waals surface area contributed by atoms with Crippen LogP contribution in [0, 0.1) is 5.82 Å². The van der Waals surface area contributed by atoms with Crippen LogP contribution < -0.4 is 0 Å². The van der Waals surface area contributed by atoms with Gasteiger partial charge in [-0.2, -0.15) is 0 Å². The average molecular weight is 438 g/mol. The molecule has 1 aliphatic heterocycles. The van der Waals surface area contributed by atoms with Crippen molar-refractivity contribution in [2.45, 2.75) is 18.1 Å². The van der Waals surface area contributed by atoms with Crippen LogP contribution in [0.25, 0.3) is 11.1 Å². The topological polar surface area (TPSA) is 54.5 Å². The summed E-state index contributed by atoms with van der Waals surface area (Å²) >= 11 is 0. The molecule has 1 saturated heterocycles. The molecule has 0 aromatic heterocycles. The van der Waals surface area contributed by atoms with Crippen molar-refractivity contribution < 1.29 is 17.6 Å². The largest absolute Gasteiger partial charge is 0.341 e. The summed E-state index contributed by atoms with van der Waals surface area (Å²) in [5, 5.41) is -0.920. The maximum absolute atomic E-state index is 14.2. The highest BCUT2D eigenvalue weighted by molar-refractivity contribution is 7.91. The number of halogens is 1. The van der Waals surface area contributed by atoms with Crippen LogP contribution in [0.5, 0.6) is 0 Å². The molecule has 0 bridgehead atoms. The number of rotatable bonds is 4. The van der Waals surface area contributed by atoms with Crippen molar-refractivity contribution in [1.82, 2.24) is 4.90 Å². The Morgan fingerprint density at radius 3 is 2.23 bits per heavy atom. The van der Waals surface area contributed by atoms with Crippen LogP contribution >= 0.6 is 0 Å². The van der Waals surface area contributed by atoms with E-state index in [2.05, 4.69) is 0 Å². The van der Waals surface area contributed by atoms with Gasteiger partial charge in [0.1, 0.15) is 5.82 Å². The Morgan fingerprint density at radius 1 is 0.871 bits per heavy atom. The summed E-state index contributed by atoms with van der Waals surface area (Å²) in [5.41, 5.74) is 3.25. The third kappa shape index (κ3) is 4.85. The van der Waals surface area contributed by atoms with Gasteiger partial charge in [-0.3, -0.25) is 4.79 Å². The van der Waals surface area contributed by atoms with E-state index in [4.69, 9.17) is 0 Å². The van der Waals surface area contributed by atoms with Crippen molar-refractivity contribution in [1.29, 1.82) is 0 Å². The standard InChI is InChI=1S/C25H24FNO3S/c26-23-9-5-4-8-22(23)24-14-15-27(16-17-31(24,29)30)25(28)18-19-10-12-21(13-11-19)20-6-2-1-3-7-20/h1-13,24H,14-18H2. The minimum absolute atomic E-state index is 0.114. The van der Waals surface area contributed by atoms with Crippen molar-refractivity contribution in [3.8, 4) is 11.1 Å². The van der Waals surface area contributed by atoms with Gasteiger partial charge in [-0.1, -0.05) is 72.8 Å². The smallest absolute Gasteiger partial charge is 0.227 e. The highest BCUT2D eigenvalue weighted by Crippen LogP contribution is 2.31. The Balaban J connectivity index is 1.44. The zero-order chi connectivity index (χ0) is 21.8. The highest BCUT2D eigenvalue weighted by atomic mass is 32.2. The van der Waals surface area contributed by atoms with E-state index in [-0.39, 0.29) is 36.6 Å². The number of carbonyl (C=O) groups excluding carboxylic acids is 1. The summed E-state index contributed by atoms with van der Waals surface area (Å²) in [6, 6.07) is 23.8. The number of amides is 1. The molecule has 160 valence electrons. The third-order valence-electron chi connectivity index (χ3n) is 5.76. The lowest BCUT2D eigenvalue weighted by Crippen LogP contribution is -2.34. The molecule has 1 heterocycles. The van der Waals surface area contributed by atoms with Crippen molar-refractivity contribution in [2.75, 3.05) is 18.8 Å². The normalized spacial score (nSPS) is 18.4. The molecule has 0 N–H and O–H groups in total. The molecule has 1 unspecified atom stereocenters. The average Bonchev–Trinajstić information content (AvgIpc) is 2.93. The second-order valence-corrected chi connectivity index (χ2v) is 10.1. The number of carbonyl (C=O) groups is 1. The fourth-order valence-corrected chi connectivity index (χ4v) is 5.81. The summed E-state index contributed by atoms with van der Waals surface area (Å²) in [5.74, 6) is -0.795. The van der Waals surface area contributed by atoms with E-state index >= 15 is 0 Å². The van der Waals surface area contributed by atoms with Crippen molar-refractivity contribution in [3.63, 3.8) is 0 Å². The van der Waals surface area contributed by atoms with Crippen molar-refractivity contribution in [3.05, 3.63) is 95.8 Å². The van der Waals surface area contributed by atoms with Crippen LogP contribution in [0.15, 0.2) is 78.9 Å². The van der Waals surface area contributed by atoms with Gasteiger partial charge in [0.2, 0.25) is 5.91 Å². The van der Waals surface area contributed by atoms with E-state index in [9.17, 15) is 17.6 Å². The first-order valence-corrected chi connectivity index (χ1v) is 12.0. The third-order valence-corrected chi connectivity index (χ3v) is 7.87. The molecule has 6 heteroatoms. The zero-order valence-electron chi connectivity index (χ0n) is 17.1. The number of hydrogen-bond donors (Lipinski definition) is 0. The number of hydrogen-bond acceptors (Lipinski definition) is 3. The van der Waals surface area contributed by atoms with Crippen molar-refractivity contribution >= 4 is 15.7 Å². The quantitative estimate of drug-likeness (QED) is 0.607. The second kappa shape index (κ2) is 9.02. The minimum atomic E-state index is -3.54. The zero-order valence-corrected chi connectivity index (χ0v) is 17.9. The predicted molar refractivity (Wildman–Crippen MR) is 120 cm³/mol. The molecule has 1 amide bonds. The molecule has 4 nitrogen and oxygen atoms in total. The van der Waals surface area contributed by atoms with E-state index in [1.54, 1.807) is 17.0 Å². The van der Waals surface area contributed by atoms with E-state index < -0.39 is 20.9 Å². The van der Waals surface area contributed by atoms with Gasteiger partial charge < -0.3 is 4.90 Å². The lowest BCUT2D eigenvalue weighted by atomic mass is 10.0. The second-order valence-electron chi connectivity index (χ2n) is 7.79. The Kier molecular flexibility index (Phi) is 6.18. The number of sulfone groups is 1. The minimum Gasteiger partial charge on any atom is -0.341 e. The van der Waals surface area contributed by atoms with E-state index in [1.807, 2.05) is 54.6 Å². The first-order valence-electron chi connectivity index (χ1n) is 10.3. The Bertz CT molecular complexity index is 1160. The predicted octanol–water partition coefficient (Wildman–Crippen LogP) is 4.42. The van der Waals surface area contributed by atoms with Gasteiger partial charge >= 0.3 is 0 Å². The maximum atomic E-state index is 14.2. The molecule has 0 spiro atoms. The summed E-state index contributed by atoms with van der Waals surface area (Å²) in [6.45, 7) is 0.424.